The van der Waals surface area contributed by atoms with Gasteiger partial charge in [-0.1, -0.05) is 6.92 Å². The van der Waals surface area contributed by atoms with Crippen molar-refractivity contribution >= 4 is 5.91 Å². The molecule has 1 aliphatic carbocycles. The molecule has 1 saturated carbocycles. The lowest BCUT2D eigenvalue weighted by molar-refractivity contribution is -0.118. The Morgan fingerprint density at radius 3 is 2.60 bits per heavy atom. The molecule has 0 aromatic heterocycles. The first-order valence-electron chi connectivity index (χ1n) is 3.65. The van der Waals surface area contributed by atoms with Crippen LogP contribution >= 0.6 is 0 Å². The molecule has 4 N–H and O–H groups in total. The van der Waals surface area contributed by atoms with Crippen LogP contribution < -0.4 is 11.5 Å². The highest BCUT2D eigenvalue weighted by atomic mass is 16.1. The predicted molar refractivity (Wildman–Crippen MR) is 39.1 cm³/mol. The third kappa shape index (κ3) is 1.70. The van der Waals surface area contributed by atoms with Crippen molar-refractivity contribution in [1.29, 1.82) is 0 Å². The summed E-state index contributed by atoms with van der Waals surface area (Å²) in [6, 6.07) is 0.00694. The molecule has 0 aromatic rings. The standard InChI is InChI=1S/C7H14N2O/c1-4-2-5(4)6(8)3-7(9)10/h4-6H,2-3,8H2,1H3,(H2,9,10)/t4?,5?,6-/m1/s1. The van der Waals surface area contributed by atoms with E-state index in [1.54, 1.807) is 0 Å². The molecule has 0 spiro atoms. The molecule has 2 unspecified atom stereocenters. The number of hydrogen-bond acceptors (Lipinski definition) is 2. The molecule has 1 rings (SSSR count). The maximum atomic E-state index is 10.4. The van der Waals surface area contributed by atoms with Crippen LogP contribution in [0.25, 0.3) is 0 Å². The molecular weight excluding hydrogens is 128 g/mol. The second-order valence-electron chi connectivity index (χ2n) is 3.21. The van der Waals surface area contributed by atoms with E-state index in [1.165, 1.54) is 0 Å². The summed E-state index contributed by atoms with van der Waals surface area (Å²) in [6.07, 6.45) is 1.50. The summed E-state index contributed by atoms with van der Waals surface area (Å²) in [5, 5.41) is 0. The van der Waals surface area contributed by atoms with Crippen molar-refractivity contribution in [2.75, 3.05) is 0 Å². The normalized spacial score (nSPS) is 33.4. The molecule has 0 heterocycles. The highest BCUT2D eigenvalue weighted by Crippen LogP contribution is 2.40. The number of primary amides is 1. The van der Waals surface area contributed by atoms with Gasteiger partial charge in [0.15, 0.2) is 0 Å². The third-order valence-electron chi connectivity index (χ3n) is 2.16. The van der Waals surface area contributed by atoms with Gasteiger partial charge in [-0.05, 0) is 18.3 Å². The third-order valence-corrected chi connectivity index (χ3v) is 2.16. The Bertz CT molecular complexity index is 147. The van der Waals surface area contributed by atoms with Crippen molar-refractivity contribution in [3.05, 3.63) is 0 Å². The molecule has 0 aromatic carbocycles. The summed E-state index contributed by atoms with van der Waals surface area (Å²) in [7, 11) is 0. The van der Waals surface area contributed by atoms with Crippen LogP contribution in [0, 0.1) is 11.8 Å². The molecule has 0 radical (unpaired) electrons. The van der Waals surface area contributed by atoms with Gasteiger partial charge >= 0.3 is 0 Å². The molecule has 3 heteroatoms. The monoisotopic (exact) mass is 142 g/mol. The number of hydrogen-bond donors (Lipinski definition) is 2. The Morgan fingerprint density at radius 2 is 2.30 bits per heavy atom. The second kappa shape index (κ2) is 2.58. The van der Waals surface area contributed by atoms with Gasteiger partial charge in [0.05, 0.1) is 0 Å². The molecule has 0 saturated heterocycles. The summed E-state index contributed by atoms with van der Waals surface area (Å²) < 4.78 is 0. The van der Waals surface area contributed by atoms with Crippen LogP contribution in [0.1, 0.15) is 19.8 Å². The molecule has 3 nitrogen and oxygen atoms in total. The molecule has 3 atom stereocenters. The van der Waals surface area contributed by atoms with Crippen LogP contribution in [0.2, 0.25) is 0 Å². The highest BCUT2D eigenvalue weighted by Gasteiger charge is 2.37. The van der Waals surface area contributed by atoms with E-state index in [2.05, 4.69) is 6.92 Å². The Morgan fingerprint density at radius 1 is 1.80 bits per heavy atom. The number of nitrogens with two attached hydrogens (primary N) is 2. The van der Waals surface area contributed by atoms with E-state index in [4.69, 9.17) is 11.5 Å². The smallest absolute Gasteiger partial charge is 0.218 e. The summed E-state index contributed by atoms with van der Waals surface area (Å²) in [4.78, 5) is 10.4. The van der Waals surface area contributed by atoms with Gasteiger partial charge in [0.25, 0.3) is 0 Å². The van der Waals surface area contributed by atoms with Gasteiger partial charge in [0.2, 0.25) is 5.91 Å². The zero-order chi connectivity index (χ0) is 7.72. The quantitative estimate of drug-likeness (QED) is 0.575. The van der Waals surface area contributed by atoms with Gasteiger partial charge in [-0.15, -0.1) is 0 Å². The number of amides is 1. The van der Waals surface area contributed by atoms with Gasteiger partial charge in [-0.3, -0.25) is 4.79 Å². The predicted octanol–water partition coefficient (Wildman–Crippen LogP) is -0.155. The number of rotatable bonds is 3. The van der Waals surface area contributed by atoms with Crippen molar-refractivity contribution in [1.82, 2.24) is 0 Å². The number of carbonyl (C=O) groups is 1. The SMILES string of the molecule is CC1CC1[C@H](N)CC(N)=O. The maximum Gasteiger partial charge on any atom is 0.218 e. The van der Waals surface area contributed by atoms with Crippen molar-refractivity contribution in [2.24, 2.45) is 23.3 Å². The van der Waals surface area contributed by atoms with E-state index in [1.807, 2.05) is 0 Å². The fourth-order valence-corrected chi connectivity index (χ4v) is 1.33. The highest BCUT2D eigenvalue weighted by molar-refractivity contribution is 5.74. The van der Waals surface area contributed by atoms with Crippen LogP contribution in [-0.4, -0.2) is 11.9 Å². The summed E-state index contributed by atoms with van der Waals surface area (Å²) in [5.41, 5.74) is 10.7. The minimum atomic E-state index is -0.286. The fourth-order valence-electron chi connectivity index (χ4n) is 1.33. The van der Waals surface area contributed by atoms with Crippen LogP contribution in [0.3, 0.4) is 0 Å². The zero-order valence-electron chi connectivity index (χ0n) is 6.21. The lowest BCUT2D eigenvalue weighted by Crippen LogP contribution is -2.29. The summed E-state index contributed by atoms with van der Waals surface area (Å²) >= 11 is 0. The molecule has 1 aliphatic rings. The van der Waals surface area contributed by atoms with Crippen molar-refractivity contribution in [3.63, 3.8) is 0 Å². The van der Waals surface area contributed by atoms with E-state index in [0.717, 1.165) is 6.42 Å². The van der Waals surface area contributed by atoms with Crippen molar-refractivity contribution < 1.29 is 4.79 Å². The Hall–Kier alpha value is -0.570. The number of carbonyl (C=O) groups excluding carboxylic acids is 1. The second-order valence-corrected chi connectivity index (χ2v) is 3.21. The lowest BCUT2D eigenvalue weighted by Gasteiger charge is -2.06. The first-order valence-corrected chi connectivity index (χ1v) is 3.65. The first kappa shape index (κ1) is 7.54. The Kier molecular flexibility index (Phi) is 1.94. The molecular formula is C7H14N2O. The van der Waals surface area contributed by atoms with E-state index >= 15 is 0 Å². The first-order chi connectivity index (χ1) is 4.61. The fraction of sp³-hybridized carbons (Fsp3) is 0.857. The van der Waals surface area contributed by atoms with E-state index < -0.39 is 0 Å². The lowest BCUT2D eigenvalue weighted by atomic mass is 10.1. The molecule has 1 amide bonds. The topological polar surface area (TPSA) is 69.1 Å². The molecule has 0 aliphatic heterocycles. The largest absolute Gasteiger partial charge is 0.370 e. The minimum absolute atomic E-state index is 0.00694. The van der Waals surface area contributed by atoms with Gasteiger partial charge in [-0.25, -0.2) is 0 Å². The average Bonchev–Trinajstić information content (AvgIpc) is 2.44. The zero-order valence-corrected chi connectivity index (χ0v) is 6.21. The van der Waals surface area contributed by atoms with Crippen LogP contribution in [0.15, 0.2) is 0 Å². The molecule has 58 valence electrons. The van der Waals surface area contributed by atoms with Crippen LogP contribution in [-0.2, 0) is 4.79 Å². The van der Waals surface area contributed by atoms with Crippen molar-refractivity contribution in [2.45, 2.75) is 25.8 Å². The average molecular weight is 142 g/mol. The van der Waals surface area contributed by atoms with Crippen LogP contribution in [0.5, 0.6) is 0 Å². The Labute approximate surface area is 60.8 Å². The van der Waals surface area contributed by atoms with E-state index in [9.17, 15) is 4.79 Å². The van der Waals surface area contributed by atoms with Gasteiger partial charge in [-0.2, -0.15) is 0 Å². The Balaban J connectivity index is 2.22. The maximum absolute atomic E-state index is 10.4. The minimum Gasteiger partial charge on any atom is -0.370 e. The van der Waals surface area contributed by atoms with Crippen molar-refractivity contribution in [3.8, 4) is 0 Å². The summed E-state index contributed by atoms with van der Waals surface area (Å²) in [5.74, 6) is 0.966. The van der Waals surface area contributed by atoms with E-state index in [0.29, 0.717) is 18.3 Å². The summed E-state index contributed by atoms with van der Waals surface area (Å²) in [6.45, 7) is 2.14. The van der Waals surface area contributed by atoms with E-state index in [-0.39, 0.29) is 11.9 Å². The molecule has 10 heavy (non-hydrogen) atoms. The van der Waals surface area contributed by atoms with Gasteiger partial charge in [0, 0.05) is 12.5 Å². The molecule has 1 fully saturated rings. The van der Waals surface area contributed by atoms with Gasteiger partial charge in [0.1, 0.15) is 0 Å². The molecule has 0 bridgehead atoms. The van der Waals surface area contributed by atoms with Gasteiger partial charge < -0.3 is 11.5 Å². The van der Waals surface area contributed by atoms with Crippen LogP contribution in [0.4, 0.5) is 0 Å².